The fourth-order valence-electron chi connectivity index (χ4n) is 2.83. The fourth-order valence-corrected chi connectivity index (χ4v) is 2.83. The van der Waals surface area contributed by atoms with Crippen molar-refractivity contribution in [2.75, 3.05) is 0 Å². The molecule has 4 atom stereocenters. The standard InChI is InChI=1S/C12H17F3O/c1-11(16,12(13,14)15)5-4-10-7-8-2-3-9(10)6-8/h2-3,8-10,16H,4-7H2,1H3. The molecule has 1 nitrogen and oxygen atoms in total. The number of hydrogen-bond donors (Lipinski definition) is 1. The van der Waals surface area contributed by atoms with E-state index in [4.69, 9.17) is 0 Å². The van der Waals surface area contributed by atoms with Gasteiger partial charge in [-0.2, -0.15) is 13.2 Å². The lowest BCUT2D eigenvalue weighted by molar-refractivity contribution is -0.256. The molecule has 0 aromatic carbocycles. The van der Waals surface area contributed by atoms with Crippen molar-refractivity contribution in [1.29, 1.82) is 0 Å². The van der Waals surface area contributed by atoms with Crippen molar-refractivity contribution in [3.05, 3.63) is 12.2 Å². The summed E-state index contributed by atoms with van der Waals surface area (Å²) in [6.07, 6.45) is 2.16. The number of aliphatic hydroxyl groups is 1. The van der Waals surface area contributed by atoms with Crippen molar-refractivity contribution in [1.82, 2.24) is 0 Å². The predicted octanol–water partition coefficient (Wildman–Crippen LogP) is 3.29. The molecule has 2 rings (SSSR count). The molecular formula is C12H17F3O. The Labute approximate surface area is 93.3 Å². The molecule has 2 aliphatic rings. The molecule has 0 aromatic rings. The molecule has 16 heavy (non-hydrogen) atoms. The average Bonchev–Trinajstić information content (AvgIpc) is 2.73. The van der Waals surface area contributed by atoms with Crippen LogP contribution in [0.5, 0.6) is 0 Å². The van der Waals surface area contributed by atoms with Crippen LogP contribution >= 0.6 is 0 Å². The highest BCUT2D eigenvalue weighted by Crippen LogP contribution is 2.46. The molecule has 4 heteroatoms. The van der Waals surface area contributed by atoms with Gasteiger partial charge in [-0.15, -0.1) is 0 Å². The van der Waals surface area contributed by atoms with Gasteiger partial charge in [0.15, 0.2) is 5.60 Å². The van der Waals surface area contributed by atoms with Crippen molar-refractivity contribution >= 4 is 0 Å². The number of fused-ring (bicyclic) bond motifs is 2. The molecule has 0 saturated heterocycles. The van der Waals surface area contributed by atoms with E-state index < -0.39 is 11.8 Å². The lowest BCUT2D eigenvalue weighted by Crippen LogP contribution is -2.42. The molecule has 2 aliphatic carbocycles. The van der Waals surface area contributed by atoms with Crippen LogP contribution in [0.4, 0.5) is 13.2 Å². The minimum atomic E-state index is -4.51. The van der Waals surface area contributed by atoms with Crippen LogP contribution in [-0.2, 0) is 0 Å². The zero-order valence-corrected chi connectivity index (χ0v) is 9.30. The first kappa shape index (κ1) is 12.0. The van der Waals surface area contributed by atoms with E-state index in [1.165, 1.54) is 0 Å². The highest BCUT2D eigenvalue weighted by atomic mass is 19.4. The van der Waals surface area contributed by atoms with Crippen molar-refractivity contribution in [3.8, 4) is 0 Å². The van der Waals surface area contributed by atoms with Crippen LogP contribution in [-0.4, -0.2) is 16.9 Å². The Kier molecular flexibility index (Phi) is 2.81. The first-order valence-corrected chi connectivity index (χ1v) is 5.77. The Morgan fingerprint density at radius 3 is 2.38 bits per heavy atom. The van der Waals surface area contributed by atoms with Crippen molar-refractivity contribution in [3.63, 3.8) is 0 Å². The Morgan fingerprint density at radius 2 is 1.94 bits per heavy atom. The van der Waals surface area contributed by atoms with E-state index in [0.717, 1.165) is 19.8 Å². The number of rotatable bonds is 3. The summed E-state index contributed by atoms with van der Waals surface area (Å²) in [6.45, 7) is 0.871. The molecule has 1 N–H and O–H groups in total. The SMILES string of the molecule is CC(O)(CCC1CC2C=CC1C2)C(F)(F)F. The first-order valence-electron chi connectivity index (χ1n) is 5.77. The Bertz CT molecular complexity index is 293. The van der Waals surface area contributed by atoms with Gasteiger partial charge in [0.05, 0.1) is 0 Å². The summed E-state index contributed by atoms with van der Waals surface area (Å²) in [5.41, 5.74) is -2.53. The summed E-state index contributed by atoms with van der Waals surface area (Å²) in [5, 5.41) is 9.34. The second kappa shape index (κ2) is 3.76. The van der Waals surface area contributed by atoms with E-state index in [1.807, 2.05) is 0 Å². The summed E-state index contributed by atoms with van der Waals surface area (Å²) in [6, 6.07) is 0. The Hall–Kier alpha value is -0.510. The van der Waals surface area contributed by atoms with Crippen LogP contribution in [0.15, 0.2) is 12.2 Å². The molecule has 92 valence electrons. The van der Waals surface area contributed by atoms with Gasteiger partial charge >= 0.3 is 6.18 Å². The van der Waals surface area contributed by atoms with Gasteiger partial charge < -0.3 is 5.11 Å². The zero-order chi connectivity index (χ0) is 12.0. The Balaban J connectivity index is 1.86. The molecule has 0 radical (unpaired) electrons. The third-order valence-corrected chi connectivity index (χ3v) is 4.03. The van der Waals surface area contributed by atoms with Gasteiger partial charge in [0.25, 0.3) is 0 Å². The molecule has 4 unspecified atom stereocenters. The quantitative estimate of drug-likeness (QED) is 0.743. The predicted molar refractivity (Wildman–Crippen MR) is 54.8 cm³/mol. The second-order valence-electron chi connectivity index (χ2n) is 5.35. The zero-order valence-electron chi connectivity index (χ0n) is 9.30. The highest BCUT2D eigenvalue weighted by Gasteiger charge is 2.50. The average molecular weight is 234 g/mol. The number of halogens is 3. The van der Waals surface area contributed by atoms with Gasteiger partial charge in [-0.1, -0.05) is 12.2 Å². The molecule has 0 heterocycles. The molecule has 0 aliphatic heterocycles. The van der Waals surface area contributed by atoms with Gasteiger partial charge in [-0.3, -0.25) is 0 Å². The molecule has 0 spiro atoms. The minimum Gasteiger partial charge on any atom is -0.381 e. The van der Waals surface area contributed by atoms with Crippen LogP contribution in [0, 0.1) is 17.8 Å². The van der Waals surface area contributed by atoms with Crippen molar-refractivity contribution in [2.45, 2.75) is 44.4 Å². The third-order valence-electron chi connectivity index (χ3n) is 4.03. The number of allylic oxidation sites excluding steroid dienone is 2. The van der Waals surface area contributed by atoms with Crippen molar-refractivity contribution < 1.29 is 18.3 Å². The molecule has 1 fully saturated rings. The number of hydrogen-bond acceptors (Lipinski definition) is 1. The van der Waals surface area contributed by atoms with Crippen LogP contribution in [0.1, 0.15) is 32.6 Å². The van der Waals surface area contributed by atoms with E-state index in [1.54, 1.807) is 0 Å². The molecule has 0 amide bonds. The Morgan fingerprint density at radius 1 is 1.25 bits per heavy atom. The van der Waals surface area contributed by atoms with Crippen LogP contribution in [0.25, 0.3) is 0 Å². The molecule has 1 saturated carbocycles. The number of alkyl halides is 3. The van der Waals surface area contributed by atoms with E-state index >= 15 is 0 Å². The summed E-state index contributed by atoms with van der Waals surface area (Å²) < 4.78 is 37.3. The maximum Gasteiger partial charge on any atom is 0.416 e. The largest absolute Gasteiger partial charge is 0.416 e. The van der Waals surface area contributed by atoms with Gasteiger partial charge in [0.2, 0.25) is 0 Å². The highest BCUT2D eigenvalue weighted by molar-refractivity contribution is 5.10. The summed E-state index contributed by atoms with van der Waals surface area (Å²) in [4.78, 5) is 0. The topological polar surface area (TPSA) is 20.2 Å². The summed E-state index contributed by atoms with van der Waals surface area (Å²) in [5.74, 6) is 1.36. The maximum absolute atomic E-state index is 12.4. The molecular weight excluding hydrogens is 217 g/mol. The summed E-state index contributed by atoms with van der Waals surface area (Å²) >= 11 is 0. The lowest BCUT2D eigenvalue weighted by atomic mass is 9.85. The third kappa shape index (κ3) is 2.12. The van der Waals surface area contributed by atoms with Gasteiger partial charge in [-0.05, 0) is 50.4 Å². The smallest absolute Gasteiger partial charge is 0.381 e. The van der Waals surface area contributed by atoms with Crippen molar-refractivity contribution in [2.24, 2.45) is 17.8 Å². The van der Waals surface area contributed by atoms with E-state index in [-0.39, 0.29) is 6.42 Å². The molecule has 2 bridgehead atoms. The maximum atomic E-state index is 12.4. The van der Waals surface area contributed by atoms with Crippen LogP contribution < -0.4 is 0 Å². The minimum absolute atomic E-state index is 0.182. The van der Waals surface area contributed by atoms with Gasteiger partial charge in [0, 0.05) is 0 Å². The van der Waals surface area contributed by atoms with E-state index in [2.05, 4.69) is 12.2 Å². The lowest BCUT2D eigenvalue weighted by Gasteiger charge is -2.28. The van der Waals surface area contributed by atoms with E-state index in [0.29, 0.717) is 24.2 Å². The molecule has 0 aromatic heterocycles. The monoisotopic (exact) mass is 234 g/mol. The second-order valence-corrected chi connectivity index (χ2v) is 5.35. The summed E-state index contributed by atoms with van der Waals surface area (Å²) in [7, 11) is 0. The van der Waals surface area contributed by atoms with E-state index in [9.17, 15) is 18.3 Å². The van der Waals surface area contributed by atoms with Crippen LogP contribution in [0.2, 0.25) is 0 Å². The first-order chi connectivity index (χ1) is 7.29. The van der Waals surface area contributed by atoms with Crippen LogP contribution in [0.3, 0.4) is 0 Å². The normalized spacial score (nSPS) is 36.7. The van der Waals surface area contributed by atoms with Gasteiger partial charge in [-0.25, -0.2) is 0 Å². The van der Waals surface area contributed by atoms with Gasteiger partial charge in [0.1, 0.15) is 0 Å². The fraction of sp³-hybridized carbons (Fsp3) is 0.833.